The van der Waals surface area contributed by atoms with Gasteiger partial charge >= 0.3 is 24.4 Å². The Morgan fingerprint density at radius 1 is 0.447 bits per heavy atom. The van der Waals surface area contributed by atoms with Crippen LogP contribution in [0.25, 0.3) is 0 Å². The molecule has 3 atom stereocenters. The molecule has 0 aliphatic carbocycles. The minimum Gasteiger partial charge on any atom is -0.459 e. The minimum absolute atomic E-state index is 0.0133. The normalized spacial score (nSPS) is 18.5. The van der Waals surface area contributed by atoms with Gasteiger partial charge in [0, 0.05) is 157 Å². The molecule has 2 N–H and O–H groups in total. The van der Waals surface area contributed by atoms with E-state index in [9.17, 15) is 29.1 Å². The number of amides is 5. The Kier molecular flexibility index (Phi) is 45.2. The predicted octanol–water partition coefficient (Wildman–Crippen LogP) is 13.4. The lowest BCUT2D eigenvalue weighted by Gasteiger charge is -2.34. The molecule has 662 valence electrons. The third kappa shape index (κ3) is 53.1. The Morgan fingerprint density at radius 3 is 1.29 bits per heavy atom. The molecule has 0 radical (unpaired) electrons. The summed E-state index contributed by atoms with van der Waals surface area (Å²) in [7, 11) is 5.89. The number of benzene rings is 1. The molecule has 5 amide bonds. The third-order valence-electron chi connectivity index (χ3n) is 17.7. The van der Waals surface area contributed by atoms with E-state index in [1.165, 1.54) is 6.26 Å². The number of aliphatic hydroxyl groups excluding tert-OH is 1. The Balaban J connectivity index is 0.000000466. The zero-order valence-corrected chi connectivity index (χ0v) is 77.1. The monoisotopic (exact) mass is 1620 g/mol. The van der Waals surface area contributed by atoms with Crippen LogP contribution in [0, 0.1) is 0 Å². The molecule has 3 unspecified atom stereocenters. The number of piperazine rings is 2. The van der Waals surface area contributed by atoms with Gasteiger partial charge in [-0.25, -0.2) is 19.2 Å². The molecule has 5 aliphatic heterocycles. The molecule has 5 aliphatic rings. The number of aliphatic hydroxyl groups is 1. The topological polar surface area (TPSA) is 246 Å². The number of likely N-dealkylation sites (tertiary alicyclic amines) is 2. The molecule has 6 heterocycles. The summed E-state index contributed by atoms with van der Waals surface area (Å²) in [4.78, 5) is 80.3. The van der Waals surface area contributed by atoms with E-state index in [4.69, 9.17) is 47.0 Å². The fourth-order valence-electron chi connectivity index (χ4n) is 11.8. The summed E-state index contributed by atoms with van der Waals surface area (Å²) in [6.45, 7) is 76.1. The first-order chi connectivity index (χ1) is 52.3. The van der Waals surface area contributed by atoms with E-state index < -0.39 is 22.9 Å². The van der Waals surface area contributed by atoms with Gasteiger partial charge in [-0.15, -0.1) is 0 Å². The smallest absolute Gasteiger partial charge is 0.410 e. The van der Waals surface area contributed by atoms with E-state index in [1.54, 1.807) is 21.9 Å². The number of rotatable bonds is 21. The number of alkyl carbamates (subject to hydrolysis) is 1. The summed E-state index contributed by atoms with van der Waals surface area (Å²) in [6, 6.07) is 13.6. The molecule has 1 aromatic heterocycles. The second-order valence-corrected chi connectivity index (χ2v) is 39.3. The van der Waals surface area contributed by atoms with Gasteiger partial charge in [-0.3, -0.25) is 24.4 Å². The van der Waals surface area contributed by atoms with E-state index >= 15 is 0 Å². The van der Waals surface area contributed by atoms with E-state index in [1.807, 2.05) is 158 Å². The fraction of sp³-hybridized carbons (Fsp3) is 0.828. The molecule has 5 saturated heterocycles. The number of nitrogens with zero attached hydrogens (tertiary/aromatic N) is 10. The maximum Gasteiger partial charge on any atom is 0.410 e. The molecule has 0 saturated carbocycles. The summed E-state index contributed by atoms with van der Waals surface area (Å²) in [6.07, 6.45) is 3.09. The number of hydrogen-bond donors (Lipinski definition) is 2. The van der Waals surface area contributed by atoms with Crippen LogP contribution in [0.2, 0.25) is 0 Å². The minimum atomic E-state index is -0.442. The molecular formula is C87H163N11O16. The molecule has 5 fully saturated rings. The molecule has 0 spiro atoms. The highest BCUT2D eigenvalue weighted by molar-refractivity contribution is 5.91. The summed E-state index contributed by atoms with van der Waals surface area (Å²) in [5.41, 5.74) is -1.19. The number of ether oxygens (including phenoxy) is 9. The lowest BCUT2D eigenvalue weighted by atomic mass is 10.1. The molecule has 0 bridgehead atoms. The van der Waals surface area contributed by atoms with Crippen LogP contribution in [-0.4, -0.2) is 345 Å². The Labute approximate surface area is 690 Å². The molecule has 27 heteroatoms. The predicted molar refractivity (Wildman–Crippen MR) is 456 cm³/mol. The third-order valence-corrected chi connectivity index (χ3v) is 17.7. The van der Waals surface area contributed by atoms with Crippen molar-refractivity contribution >= 4 is 30.3 Å². The molecule has 2 aromatic rings. The molecule has 114 heavy (non-hydrogen) atoms. The summed E-state index contributed by atoms with van der Waals surface area (Å²) >= 11 is 0. The first-order valence-electron chi connectivity index (χ1n) is 41.8. The Morgan fingerprint density at radius 2 is 0.851 bits per heavy atom. The highest BCUT2D eigenvalue weighted by Gasteiger charge is 2.33. The van der Waals surface area contributed by atoms with Gasteiger partial charge in [0.2, 0.25) is 0 Å². The van der Waals surface area contributed by atoms with Gasteiger partial charge in [-0.1, -0.05) is 30.3 Å². The largest absolute Gasteiger partial charge is 0.459 e. The van der Waals surface area contributed by atoms with Gasteiger partial charge in [0.1, 0.15) is 22.4 Å². The van der Waals surface area contributed by atoms with Gasteiger partial charge in [0.05, 0.1) is 73.4 Å². The van der Waals surface area contributed by atoms with Crippen molar-refractivity contribution in [3.05, 3.63) is 60.1 Å². The number of carbonyl (C=O) groups is 5. The maximum atomic E-state index is 12.1. The fourth-order valence-corrected chi connectivity index (χ4v) is 11.8. The van der Waals surface area contributed by atoms with Crippen LogP contribution in [-0.2, 0) is 42.6 Å². The zero-order chi connectivity index (χ0) is 86.7. The number of furan rings is 1. The van der Waals surface area contributed by atoms with Gasteiger partial charge in [0.15, 0.2) is 5.76 Å². The van der Waals surface area contributed by atoms with Crippen molar-refractivity contribution in [2.75, 3.05) is 198 Å². The van der Waals surface area contributed by atoms with Crippen LogP contribution in [0.15, 0.2) is 53.1 Å². The number of likely N-dealkylation sites (N-methyl/N-ethyl adjacent to an activating group) is 3. The molecular weight excluding hydrogens is 1460 g/mol. The number of nitrogens with one attached hydrogen (secondary N) is 1. The number of carbonyl (C=O) groups excluding carboxylic acids is 5. The van der Waals surface area contributed by atoms with E-state index in [0.717, 1.165) is 189 Å². The van der Waals surface area contributed by atoms with E-state index in [0.29, 0.717) is 18.9 Å². The van der Waals surface area contributed by atoms with Gasteiger partial charge < -0.3 is 86.9 Å². The van der Waals surface area contributed by atoms with Gasteiger partial charge in [-0.2, -0.15) is 0 Å². The average Bonchev–Trinajstić information content (AvgIpc) is 1.63. The first kappa shape index (κ1) is 105. The lowest BCUT2D eigenvalue weighted by molar-refractivity contribution is -0.0173. The van der Waals surface area contributed by atoms with Crippen LogP contribution >= 0.6 is 0 Å². The van der Waals surface area contributed by atoms with Crippen molar-refractivity contribution in [3.8, 4) is 0 Å². The van der Waals surface area contributed by atoms with Crippen LogP contribution in [0.5, 0.6) is 0 Å². The first-order valence-corrected chi connectivity index (χ1v) is 41.8. The van der Waals surface area contributed by atoms with E-state index in [-0.39, 0.29) is 76.0 Å². The highest BCUT2D eigenvalue weighted by atomic mass is 16.6. The lowest BCUT2D eigenvalue weighted by Crippen LogP contribution is -2.49. The van der Waals surface area contributed by atoms with Crippen molar-refractivity contribution in [1.82, 2.24) is 54.3 Å². The Hall–Kier alpha value is -5.43. The summed E-state index contributed by atoms with van der Waals surface area (Å²) in [5.74, 6) is 0.412. The van der Waals surface area contributed by atoms with Crippen molar-refractivity contribution in [2.45, 2.75) is 275 Å². The van der Waals surface area contributed by atoms with Crippen LogP contribution in [0.4, 0.5) is 19.2 Å². The number of hydrogen-bond acceptors (Lipinski definition) is 22. The van der Waals surface area contributed by atoms with Gasteiger partial charge in [-0.05, 0) is 245 Å². The molecule has 1 aromatic carbocycles. The Bertz CT molecular complexity index is 2930. The van der Waals surface area contributed by atoms with Crippen molar-refractivity contribution < 1.29 is 76.1 Å². The van der Waals surface area contributed by atoms with Crippen LogP contribution in [0.1, 0.15) is 228 Å². The van der Waals surface area contributed by atoms with Crippen molar-refractivity contribution in [2.24, 2.45) is 0 Å². The maximum absolute atomic E-state index is 12.1. The molecule has 27 nitrogen and oxygen atoms in total. The quantitative estimate of drug-likeness (QED) is 0.110. The molecule has 7 rings (SSSR count). The van der Waals surface area contributed by atoms with Crippen LogP contribution < -0.4 is 5.32 Å². The van der Waals surface area contributed by atoms with E-state index in [2.05, 4.69) is 125 Å². The summed E-state index contributed by atoms with van der Waals surface area (Å²) in [5, 5.41) is 13.0. The average molecular weight is 1620 g/mol. The highest BCUT2D eigenvalue weighted by Crippen LogP contribution is 2.22. The second-order valence-electron chi connectivity index (χ2n) is 39.3. The second kappa shape index (κ2) is 49.2. The van der Waals surface area contributed by atoms with Crippen LogP contribution in [0.3, 0.4) is 0 Å². The van der Waals surface area contributed by atoms with Crippen molar-refractivity contribution in [3.63, 3.8) is 0 Å². The van der Waals surface area contributed by atoms with Gasteiger partial charge in [0.25, 0.3) is 5.91 Å². The standard InChI is InChI=1S/2C16H32N2O3.C15H24N2O3.C15H30N2O3.C15H25NO2.C10H20N2O2/c1-15(2,3)20-11-10-18-9-8-13(12-18)17(7)14(19)21-16(4,5)6;1-15(2,3)20-13-12-17-8-7-9-18(11-10-17)14(19)21-16(4,5)6;1-15(2,3)20-12-10-16-6-8-17(9-7-16)14(18)13-5-4-11-19-13;1-14(2,3)19-10-9-17-8-7-12(11-17)16-13(18)20-15(4,5)6;1-15(2,3)18-11-10-16(4)12-14(17)13-8-6-5-7-9-13;1-10(2,3)14-9(13)12-7-5-11(4)6-8-12/h13H,8-12H2,1-7H3;7-13H2,1-6H3;4-5,11H,6-10,12H2,1-3H3;12H,7-11H2,1-6H3,(H,16,18);5-9,14,17H,10-12H2,1-4H3;5-8H2,1-4H3. The summed E-state index contributed by atoms with van der Waals surface area (Å²) < 4.78 is 55.2. The zero-order valence-electron chi connectivity index (χ0n) is 77.1. The SMILES string of the molecule is CC(C)(C)OCCN1CCC(NC(=O)OC(C)(C)C)C1.CC(C)(C)OCCN1CCCN(C(=O)OC(C)(C)C)CC1.CC(C)(C)OCCN1CCN(C(=O)c2ccco2)CC1.CN(C(=O)OC(C)(C)C)C1CCN(CCOC(C)(C)C)C1.CN(CCOC(C)(C)C)CC(O)c1ccccc1.CN1CCN(C(=O)OC(C)(C)C)CC1. The van der Waals surface area contributed by atoms with Crippen molar-refractivity contribution in [1.29, 1.82) is 0 Å².